The third kappa shape index (κ3) is 3.56. The van der Waals surface area contributed by atoms with Crippen molar-refractivity contribution in [2.75, 3.05) is 16.9 Å². The van der Waals surface area contributed by atoms with Gasteiger partial charge < -0.3 is 16.1 Å². The van der Waals surface area contributed by atoms with Crippen LogP contribution in [0.4, 0.5) is 5.69 Å². The Morgan fingerprint density at radius 2 is 2.07 bits per heavy atom. The lowest BCUT2D eigenvalue weighted by molar-refractivity contribution is -0.113. The minimum Gasteiger partial charge on any atom is -0.352 e. The molecule has 0 radical (unpaired) electrons. The monoisotopic (exact) mass is 412 g/mol. The smallest absolute Gasteiger partial charge is 0.234 e. The van der Waals surface area contributed by atoms with Gasteiger partial charge in [0.25, 0.3) is 0 Å². The fourth-order valence-corrected chi connectivity index (χ4v) is 3.64. The standard InChI is InChI=1S/C19H17ClN6OS/c1-11-13(20)6-4-8-14(11)23-17(27)10-28-19-25-24-18(26(19)21)16-9-12-5-2-3-7-15(12)22-16/h2-9,22H,10,21H2,1H3,(H,23,27). The average Bonchev–Trinajstić information content (AvgIpc) is 3.27. The molecule has 4 aromatic rings. The van der Waals surface area contributed by atoms with Gasteiger partial charge >= 0.3 is 0 Å². The summed E-state index contributed by atoms with van der Waals surface area (Å²) in [5, 5.41) is 13.2. The van der Waals surface area contributed by atoms with Crippen molar-refractivity contribution in [2.24, 2.45) is 0 Å². The first kappa shape index (κ1) is 18.4. The number of nitrogens with zero attached hydrogens (tertiary/aromatic N) is 3. The van der Waals surface area contributed by atoms with E-state index in [0.29, 0.717) is 21.7 Å². The quantitative estimate of drug-likeness (QED) is 0.341. The zero-order valence-corrected chi connectivity index (χ0v) is 16.5. The van der Waals surface area contributed by atoms with Gasteiger partial charge in [-0.3, -0.25) is 4.79 Å². The molecule has 0 atom stereocenters. The van der Waals surface area contributed by atoms with Crippen molar-refractivity contribution in [1.29, 1.82) is 0 Å². The number of carbonyl (C=O) groups is 1. The van der Waals surface area contributed by atoms with Crippen LogP contribution in [0.3, 0.4) is 0 Å². The number of hydrogen-bond donors (Lipinski definition) is 3. The normalized spacial score (nSPS) is 11.1. The minimum atomic E-state index is -0.175. The lowest BCUT2D eigenvalue weighted by Gasteiger charge is -2.09. The third-order valence-electron chi connectivity index (χ3n) is 4.31. The molecule has 1 amide bonds. The molecule has 28 heavy (non-hydrogen) atoms. The van der Waals surface area contributed by atoms with E-state index in [2.05, 4.69) is 20.5 Å². The van der Waals surface area contributed by atoms with Gasteiger partial charge in [0.15, 0.2) is 5.82 Å². The molecule has 0 saturated heterocycles. The average molecular weight is 413 g/mol. The molecule has 7 nitrogen and oxygen atoms in total. The maximum Gasteiger partial charge on any atom is 0.234 e. The molecule has 0 saturated carbocycles. The number of nitrogen functional groups attached to an aromatic ring is 1. The molecule has 142 valence electrons. The van der Waals surface area contributed by atoms with Gasteiger partial charge in [0.1, 0.15) is 0 Å². The lowest BCUT2D eigenvalue weighted by Crippen LogP contribution is -2.17. The van der Waals surface area contributed by atoms with E-state index in [1.54, 1.807) is 12.1 Å². The number of aromatic amines is 1. The molecule has 0 aliphatic rings. The van der Waals surface area contributed by atoms with Gasteiger partial charge in [-0.25, -0.2) is 4.68 Å². The fraction of sp³-hybridized carbons (Fsp3) is 0.105. The molecule has 0 bridgehead atoms. The first-order chi connectivity index (χ1) is 13.5. The van der Waals surface area contributed by atoms with Gasteiger partial charge in [0.05, 0.1) is 11.4 Å². The summed E-state index contributed by atoms with van der Waals surface area (Å²) in [6.07, 6.45) is 0. The van der Waals surface area contributed by atoms with Crippen LogP contribution >= 0.6 is 23.4 Å². The highest BCUT2D eigenvalue weighted by Crippen LogP contribution is 2.26. The second-order valence-electron chi connectivity index (χ2n) is 6.20. The molecule has 0 spiro atoms. The van der Waals surface area contributed by atoms with Crippen molar-refractivity contribution in [3.05, 3.63) is 59.1 Å². The predicted molar refractivity (Wildman–Crippen MR) is 113 cm³/mol. The highest BCUT2D eigenvalue weighted by atomic mass is 35.5. The van der Waals surface area contributed by atoms with Crippen LogP contribution in [-0.4, -0.2) is 31.5 Å². The van der Waals surface area contributed by atoms with E-state index in [1.807, 2.05) is 43.3 Å². The van der Waals surface area contributed by atoms with Crippen molar-refractivity contribution >= 4 is 45.9 Å². The van der Waals surface area contributed by atoms with Crippen LogP contribution < -0.4 is 11.2 Å². The Hall–Kier alpha value is -2.97. The molecular weight excluding hydrogens is 396 g/mol. The first-order valence-electron chi connectivity index (χ1n) is 8.49. The number of nitrogens with one attached hydrogen (secondary N) is 2. The van der Waals surface area contributed by atoms with E-state index in [-0.39, 0.29) is 11.7 Å². The fourth-order valence-electron chi connectivity index (χ4n) is 2.81. The molecule has 4 rings (SSSR count). The van der Waals surface area contributed by atoms with E-state index < -0.39 is 0 Å². The van der Waals surface area contributed by atoms with Gasteiger partial charge in [0.2, 0.25) is 11.1 Å². The number of benzene rings is 2. The summed E-state index contributed by atoms with van der Waals surface area (Å²) < 4.78 is 1.38. The molecular formula is C19H17ClN6OS. The highest BCUT2D eigenvalue weighted by molar-refractivity contribution is 7.99. The Bertz CT molecular complexity index is 1140. The van der Waals surface area contributed by atoms with Crippen LogP contribution in [0.25, 0.3) is 22.4 Å². The molecule has 0 fully saturated rings. The molecule has 4 N–H and O–H groups in total. The molecule has 9 heteroatoms. The van der Waals surface area contributed by atoms with E-state index >= 15 is 0 Å². The summed E-state index contributed by atoms with van der Waals surface area (Å²) in [7, 11) is 0. The Kier molecular flexibility index (Phi) is 4.97. The van der Waals surface area contributed by atoms with E-state index in [9.17, 15) is 4.79 Å². The minimum absolute atomic E-state index is 0.147. The number of rotatable bonds is 5. The zero-order valence-electron chi connectivity index (χ0n) is 14.9. The van der Waals surface area contributed by atoms with Crippen LogP contribution in [0.15, 0.2) is 53.7 Å². The van der Waals surface area contributed by atoms with Gasteiger partial charge in [0, 0.05) is 21.6 Å². The molecule has 0 unspecified atom stereocenters. The van der Waals surface area contributed by atoms with E-state index in [4.69, 9.17) is 17.4 Å². The van der Waals surface area contributed by atoms with Crippen LogP contribution in [0.5, 0.6) is 0 Å². The molecule has 2 heterocycles. The maximum atomic E-state index is 12.3. The first-order valence-corrected chi connectivity index (χ1v) is 9.85. The van der Waals surface area contributed by atoms with Gasteiger partial charge in [-0.2, -0.15) is 0 Å². The SMILES string of the molecule is Cc1c(Cl)cccc1NC(=O)CSc1nnc(-c2cc3ccccc3[nH]2)n1N. The number of anilines is 1. The van der Waals surface area contributed by atoms with E-state index in [0.717, 1.165) is 22.2 Å². The summed E-state index contributed by atoms with van der Waals surface area (Å²) >= 11 is 7.30. The van der Waals surface area contributed by atoms with Crippen molar-refractivity contribution < 1.29 is 4.79 Å². The van der Waals surface area contributed by atoms with Crippen LogP contribution in [0, 0.1) is 6.92 Å². The van der Waals surface area contributed by atoms with Crippen molar-refractivity contribution in [3.63, 3.8) is 0 Å². The molecule has 2 aromatic carbocycles. The Balaban J connectivity index is 1.46. The third-order valence-corrected chi connectivity index (χ3v) is 5.66. The highest BCUT2D eigenvalue weighted by Gasteiger charge is 2.16. The number of fused-ring (bicyclic) bond motifs is 1. The summed E-state index contributed by atoms with van der Waals surface area (Å²) in [6, 6.07) is 15.3. The number of aromatic nitrogens is 4. The van der Waals surface area contributed by atoms with Crippen molar-refractivity contribution in [3.8, 4) is 11.5 Å². The van der Waals surface area contributed by atoms with Crippen molar-refractivity contribution in [1.82, 2.24) is 19.9 Å². The Labute approximate surface area is 170 Å². The van der Waals surface area contributed by atoms with Gasteiger partial charge in [-0.05, 0) is 36.8 Å². The summed E-state index contributed by atoms with van der Waals surface area (Å²) in [6.45, 7) is 1.86. The predicted octanol–water partition coefficient (Wildman–Crippen LogP) is 3.83. The summed E-state index contributed by atoms with van der Waals surface area (Å²) in [5.74, 6) is 6.62. The number of halogens is 1. The van der Waals surface area contributed by atoms with Crippen LogP contribution in [-0.2, 0) is 4.79 Å². The largest absolute Gasteiger partial charge is 0.352 e. The van der Waals surface area contributed by atoms with Crippen LogP contribution in [0.2, 0.25) is 5.02 Å². The Morgan fingerprint density at radius 1 is 1.25 bits per heavy atom. The number of thioether (sulfide) groups is 1. The number of carbonyl (C=O) groups excluding carboxylic acids is 1. The lowest BCUT2D eigenvalue weighted by atomic mass is 10.2. The Morgan fingerprint density at radius 3 is 2.89 bits per heavy atom. The number of H-pyrrole nitrogens is 1. The number of nitrogens with two attached hydrogens (primary N) is 1. The van der Waals surface area contributed by atoms with E-state index in [1.165, 1.54) is 16.4 Å². The molecule has 0 aliphatic heterocycles. The summed E-state index contributed by atoms with van der Waals surface area (Å²) in [5.41, 5.74) is 3.27. The number of amides is 1. The van der Waals surface area contributed by atoms with Crippen molar-refractivity contribution in [2.45, 2.75) is 12.1 Å². The number of hydrogen-bond acceptors (Lipinski definition) is 5. The van der Waals surface area contributed by atoms with Gasteiger partial charge in [-0.15, -0.1) is 10.2 Å². The number of para-hydroxylation sites is 1. The summed E-state index contributed by atoms with van der Waals surface area (Å²) in [4.78, 5) is 15.5. The van der Waals surface area contributed by atoms with Crippen LogP contribution in [0.1, 0.15) is 5.56 Å². The molecule has 2 aromatic heterocycles. The zero-order chi connectivity index (χ0) is 19.7. The second-order valence-corrected chi connectivity index (χ2v) is 7.55. The maximum absolute atomic E-state index is 12.3. The second kappa shape index (κ2) is 7.57. The molecule has 0 aliphatic carbocycles. The topological polar surface area (TPSA) is 102 Å². The van der Waals surface area contributed by atoms with Gasteiger partial charge in [-0.1, -0.05) is 47.6 Å².